The highest BCUT2D eigenvalue weighted by atomic mass is 35.5. The second-order valence-electron chi connectivity index (χ2n) is 5.90. The van der Waals surface area contributed by atoms with Gasteiger partial charge in [0.1, 0.15) is 0 Å². The van der Waals surface area contributed by atoms with Gasteiger partial charge in [-0.25, -0.2) is 0 Å². The van der Waals surface area contributed by atoms with Gasteiger partial charge in [-0.15, -0.1) is 16.7 Å². The van der Waals surface area contributed by atoms with E-state index in [4.69, 9.17) is 11.6 Å². The highest BCUT2D eigenvalue weighted by molar-refractivity contribution is 6.20. The smallest absolute Gasteiger partial charge is 0.0911 e. The lowest BCUT2D eigenvalue weighted by Gasteiger charge is -2.42. The van der Waals surface area contributed by atoms with Crippen LogP contribution < -0.4 is 0 Å². The maximum atomic E-state index is 11.1. The Labute approximate surface area is 130 Å². The number of benzene rings is 1. The Kier molecular flexibility index (Phi) is 4.69. The van der Waals surface area contributed by atoms with Crippen LogP contribution in [-0.2, 0) is 5.41 Å². The van der Waals surface area contributed by atoms with Crippen molar-refractivity contribution in [3.63, 3.8) is 0 Å². The number of alkyl halides is 1. The van der Waals surface area contributed by atoms with Crippen molar-refractivity contribution in [2.24, 2.45) is 0 Å². The van der Waals surface area contributed by atoms with Gasteiger partial charge in [-0.2, -0.15) is 0 Å². The maximum Gasteiger partial charge on any atom is 0.0911 e. The molecule has 1 heterocycles. The normalized spacial score (nSPS) is 18.7. The molecule has 0 aliphatic heterocycles. The quantitative estimate of drug-likeness (QED) is 0.802. The van der Waals surface area contributed by atoms with Crippen LogP contribution >= 0.6 is 11.6 Å². The van der Waals surface area contributed by atoms with Crippen LogP contribution in [0.5, 0.6) is 0 Å². The van der Waals surface area contributed by atoms with Crippen LogP contribution in [0.2, 0.25) is 0 Å². The number of H-pyrrole nitrogens is 1. The zero-order valence-corrected chi connectivity index (χ0v) is 13.4. The average molecular weight is 308 g/mol. The molecule has 1 aromatic heterocycles. The number of aliphatic hydroxyl groups is 1. The first-order valence-corrected chi connectivity index (χ1v) is 7.62. The summed E-state index contributed by atoms with van der Waals surface area (Å²) in [5, 5.41) is 21.4. The van der Waals surface area contributed by atoms with Gasteiger partial charge in [-0.1, -0.05) is 49.4 Å². The van der Waals surface area contributed by atoms with E-state index in [2.05, 4.69) is 15.4 Å². The minimum Gasteiger partial charge on any atom is -0.389 e. The van der Waals surface area contributed by atoms with E-state index in [1.165, 1.54) is 0 Å². The van der Waals surface area contributed by atoms with Crippen molar-refractivity contribution in [1.29, 1.82) is 0 Å². The summed E-state index contributed by atoms with van der Waals surface area (Å²) in [5.74, 6) is 0. The zero-order chi connectivity index (χ0) is 15.5. The SMILES string of the molecule is CCC(C)(c1c[nH]nn1)C(C)(O)CC(Cl)c1ccccc1. The molecule has 2 N–H and O–H groups in total. The molecule has 0 saturated heterocycles. The van der Waals surface area contributed by atoms with Crippen molar-refractivity contribution < 1.29 is 5.11 Å². The third kappa shape index (κ3) is 3.11. The summed E-state index contributed by atoms with van der Waals surface area (Å²) in [6, 6.07) is 9.82. The molecule has 1 aromatic carbocycles. The molecular formula is C16H22ClN3O. The molecule has 0 radical (unpaired) electrons. The number of hydrogen-bond donors (Lipinski definition) is 2. The van der Waals surface area contributed by atoms with Crippen LogP contribution in [0.15, 0.2) is 36.5 Å². The predicted octanol–water partition coefficient (Wildman–Crippen LogP) is 3.59. The van der Waals surface area contributed by atoms with Gasteiger partial charge < -0.3 is 5.11 Å². The van der Waals surface area contributed by atoms with E-state index < -0.39 is 11.0 Å². The Bertz CT molecular complexity index is 556. The predicted molar refractivity (Wildman–Crippen MR) is 84.3 cm³/mol. The summed E-state index contributed by atoms with van der Waals surface area (Å²) in [6.07, 6.45) is 2.92. The van der Waals surface area contributed by atoms with Gasteiger partial charge in [0.25, 0.3) is 0 Å². The van der Waals surface area contributed by atoms with Gasteiger partial charge in [0.05, 0.1) is 16.7 Å². The summed E-state index contributed by atoms with van der Waals surface area (Å²) in [6.45, 7) is 5.86. The van der Waals surface area contributed by atoms with Crippen LogP contribution in [-0.4, -0.2) is 26.1 Å². The molecule has 0 amide bonds. The first-order valence-electron chi connectivity index (χ1n) is 7.19. The third-order valence-corrected chi connectivity index (χ3v) is 5.02. The number of rotatable bonds is 6. The summed E-state index contributed by atoms with van der Waals surface area (Å²) < 4.78 is 0. The summed E-state index contributed by atoms with van der Waals surface area (Å²) >= 11 is 6.51. The molecule has 0 spiro atoms. The molecule has 0 aliphatic rings. The standard InChI is InChI=1S/C16H22ClN3O/c1-4-15(2,14-11-18-20-19-14)16(3,21)10-13(17)12-8-6-5-7-9-12/h5-9,11,13,21H,4,10H2,1-3H3,(H,18,19,20). The fourth-order valence-corrected chi connectivity index (χ4v) is 3.11. The molecule has 3 unspecified atom stereocenters. The molecule has 2 aromatic rings. The van der Waals surface area contributed by atoms with E-state index in [0.717, 1.165) is 17.7 Å². The Morgan fingerprint density at radius 1 is 1.29 bits per heavy atom. The molecular weight excluding hydrogens is 286 g/mol. The molecule has 2 rings (SSSR count). The molecule has 0 saturated carbocycles. The lowest BCUT2D eigenvalue weighted by molar-refractivity contribution is -0.0286. The Hall–Kier alpha value is -1.39. The number of nitrogens with one attached hydrogen (secondary N) is 1. The molecule has 4 nitrogen and oxygen atoms in total. The van der Waals surface area contributed by atoms with Gasteiger partial charge >= 0.3 is 0 Å². The van der Waals surface area contributed by atoms with Crippen molar-refractivity contribution in [1.82, 2.24) is 15.4 Å². The van der Waals surface area contributed by atoms with E-state index in [0.29, 0.717) is 6.42 Å². The van der Waals surface area contributed by atoms with E-state index >= 15 is 0 Å². The summed E-state index contributed by atoms with van der Waals surface area (Å²) in [5.41, 5.74) is 0.257. The van der Waals surface area contributed by atoms with E-state index in [-0.39, 0.29) is 5.38 Å². The molecule has 0 aliphatic carbocycles. The molecule has 114 valence electrons. The Morgan fingerprint density at radius 2 is 1.95 bits per heavy atom. The lowest BCUT2D eigenvalue weighted by Crippen LogP contribution is -2.48. The molecule has 5 heteroatoms. The van der Waals surface area contributed by atoms with Gasteiger partial charge in [-0.3, -0.25) is 5.10 Å². The Morgan fingerprint density at radius 3 is 2.48 bits per heavy atom. The fraction of sp³-hybridized carbons (Fsp3) is 0.500. The summed E-state index contributed by atoms with van der Waals surface area (Å²) in [4.78, 5) is 0. The van der Waals surface area contributed by atoms with E-state index in [1.807, 2.05) is 51.1 Å². The number of aromatic nitrogens is 3. The van der Waals surface area contributed by atoms with Gasteiger partial charge in [0, 0.05) is 11.6 Å². The van der Waals surface area contributed by atoms with E-state index in [1.54, 1.807) is 6.20 Å². The first-order chi connectivity index (χ1) is 9.90. The molecule has 21 heavy (non-hydrogen) atoms. The number of nitrogens with zero attached hydrogens (tertiary/aromatic N) is 2. The number of hydrogen-bond acceptors (Lipinski definition) is 3. The lowest BCUT2D eigenvalue weighted by atomic mass is 9.68. The zero-order valence-electron chi connectivity index (χ0n) is 12.7. The second-order valence-corrected chi connectivity index (χ2v) is 6.43. The van der Waals surface area contributed by atoms with Gasteiger partial charge in [-0.05, 0) is 25.3 Å². The minimum absolute atomic E-state index is 0.251. The molecule has 3 atom stereocenters. The van der Waals surface area contributed by atoms with Crippen molar-refractivity contribution in [2.45, 2.75) is 50.0 Å². The summed E-state index contributed by atoms with van der Waals surface area (Å²) in [7, 11) is 0. The van der Waals surface area contributed by atoms with Crippen LogP contribution in [0.4, 0.5) is 0 Å². The Balaban J connectivity index is 2.24. The number of halogens is 1. The first kappa shape index (κ1) is 16.0. The largest absolute Gasteiger partial charge is 0.389 e. The molecule has 0 fully saturated rings. The van der Waals surface area contributed by atoms with Crippen LogP contribution in [0, 0.1) is 0 Å². The van der Waals surface area contributed by atoms with Crippen molar-refractivity contribution in [3.05, 3.63) is 47.8 Å². The van der Waals surface area contributed by atoms with Crippen molar-refractivity contribution >= 4 is 11.6 Å². The van der Waals surface area contributed by atoms with Crippen LogP contribution in [0.25, 0.3) is 0 Å². The van der Waals surface area contributed by atoms with Crippen molar-refractivity contribution in [2.75, 3.05) is 0 Å². The highest BCUT2D eigenvalue weighted by Gasteiger charge is 2.46. The third-order valence-electron chi connectivity index (χ3n) is 4.62. The number of aromatic amines is 1. The van der Waals surface area contributed by atoms with Gasteiger partial charge in [0.15, 0.2) is 0 Å². The van der Waals surface area contributed by atoms with Gasteiger partial charge in [0.2, 0.25) is 0 Å². The van der Waals surface area contributed by atoms with Crippen LogP contribution in [0.1, 0.15) is 50.2 Å². The minimum atomic E-state index is -0.999. The average Bonchev–Trinajstić information content (AvgIpc) is 3.01. The molecule has 0 bridgehead atoms. The monoisotopic (exact) mass is 307 g/mol. The topological polar surface area (TPSA) is 61.8 Å². The fourth-order valence-electron chi connectivity index (χ4n) is 2.66. The maximum absolute atomic E-state index is 11.1. The highest BCUT2D eigenvalue weighted by Crippen LogP contribution is 2.43. The van der Waals surface area contributed by atoms with Crippen molar-refractivity contribution in [3.8, 4) is 0 Å². The second kappa shape index (κ2) is 6.16. The van der Waals surface area contributed by atoms with E-state index in [9.17, 15) is 5.11 Å². The van der Waals surface area contributed by atoms with Crippen LogP contribution in [0.3, 0.4) is 0 Å².